The molecule has 1 aromatic heterocycles. The highest BCUT2D eigenvalue weighted by Crippen LogP contribution is 2.31. The third-order valence-corrected chi connectivity index (χ3v) is 5.29. The molecule has 2 aromatic rings. The predicted molar refractivity (Wildman–Crippen MR) is 107 cm³/mol. The van der Waals surface area contributed by atoms with E-state index >= 15 is 0 Å². The van der Waals surface area contributed by atoms with E-state index in [1.54, 1.807) is 37.3 Å². The van der Waals surface area contributed by atoms with Crippen molar-refractivity contribution >= 4 is 28.4 Å². The van der Waals surface area contributed by atoms with Crippen molar-refractivity contribution in [3.63, 3.8) is 0 Å². The highest BCUT2D eigenvalue weighted by Gasteiger charge is 2.26. The van der Waals surface area contributed by atoms with Crippen LogP contribution >= 0.6 is 11.3 Å². The van der Waals surface area contributed by atoms with E-state index in [4.69, 9.17) is 9.47 Å². The van der Waals surface area contributed by atoms with Crippen LogP contribution in [0.25, 0.3) is 0 Å². The van der Waals surface area contributed by atoms with Gasteiger partial charge in [-0.15, -0.1) is 0 Å². The van der Waals surface area contributed by atoms with Gasteiger partial charge in [-0.1, -0.05) is 11.3 Å². The van der Waals surface area contributed by atoms with Crippen molar-refractivity contribution in [3.05, 3.63) is 34.3 Å². The number of anilines is 1. The number of urea groups is 1. The van der Waals surface area contributed by atoms with Gasteiger partial charge in [-0.2, -0.15) is 0 Å². The van der Waals surface area contributed by atoms with E-state index < -0.39 is 0 Å². The number of hydrogen-bond acceptors (Lipinski definition) is 6. The lowest BCUT2D eigenvalue weighted by Gasteiger charge is -2.26. The quantitative estimate of drug-likeness (QED) is 0.799. The van der Waals surface area contributed by atoms with E-state index in [9.17, 15) is 9.59 Å². The van der Waals surface area contributed by atoms with E-state index in [1.165, 1.54) is 11.3 Å². The van der Waals surface area contributed by atoms with Crippen molar-refractivity contribution in [1.29, 1.82) is 0 Å². The molecule has 0 spiro atoms. The third-order valence-electron chi connectivity index (χ3n) is 4.29. The van der Waals surface area contributed by atoms with Crippen LogP contribution in [-0.4, -0.2) is 48.6 Å². The number of ether oxygens (including phenoxy) is 2. The highest BCUT2D eigenvalue weighted by atomic mass is 32.1. The van der Waals surface area contributed by atoms with Crippen LogP contribution in [0.2, 0.25) is 0 Å². The second-order valence-electron chi connectivity index (χ2n) is 6.69. The first-order valence-corrected chi connectivity index (χ1v) is 9.80. The molecule has 3 rings (SSSR count). The van der Waals surface area contributed by atoms with E-state index in [0.29, 0.717) is 41.7 Å². The zero-order valence-electron chi connectivity index (χ0n) is 16.4. The minimum absolute atomic E-state index is 0.0455. The van der Waals surface area contributed by atoms with Crippen molar-refractivity contribution in [1.82, 2.24) is 15.2 Å². The summed E-state index contributed by atoms with van der Waals surface area (Å²) >= 11 is 1.40. The van der Waals surface area contributed by atoms with Crippen molar-refractivity contribution < 1.29 is 19.1 Å². The Bertz CT molecular complexity index is 881. The van der Waals surface area contributed by atoms with Crippen LogP contribution in [0.15, 0.2) is 18.2 Å². The molecule has 0 saturated heterocycles. The zero-order chi connectivity index (χ0) is 20.3. The maximum atomic E-state index is 12.9. The molecule has 2 N–H and O–H groups in total. The molecule has 28 heavy (non-hydrogen) atoms. The summed E-state index contributed by atoms with van der Waals surface area (Å²) in [5.74, 6) is 1.02. The Morgan fingerprint density at radius 2 is 1.96 bits per heavy atom. The number of methoxy groups -OCH3 is 2. The Morgan fingerprint density at radius 3 is 2.64 bits per heavy atom. The van der Waals surface area contributed by atoms with E-state index in [2.05, 4.69) is 15.6 Å². The molecule has 1 aliphatic heterocycles. The average Bonchev–Trinajstić information content (AvgIpc) is 3.07. The van der Waals surface area contributed by atoms with Crippen LogP contribution in [-0.2, 0) is 13.0 Å². The number of nitrogens with one attached hydrogen (secondary N) is 2. The summed E-state index contributed by atoms with van der Waals surface area (Å²) in [6, 6.07) is 4.91. The number of nitrogens with zero attached hydrogens (tertiary/aromatic N) is 2. The van der Waals surface area contributed by atoms with Crippen LogP contribution in [0, 0.1) is 0 Å². The summed E-state index contributed by atoms with van der Waals surface area (Å²) < 4.78 is 10.5. The fourth-order valence-corrected chi connectivity index (χ4v) is 3.99. The average molecular weight is 404 g/mol. The first-order chi connectivity index (χ1) is 13.4. The van der Waals surface area contributed by atoms with Crippen molar-refractivity contribution in [2.45, 2.75) is 32.9 Å². The second kappa shape index (κ2) is 8.47. The molecule has 0 unspecified atom stereocenters. The van der Waals surface area contributed by atoms with Gasteiger partial charge in [0.15, 0.2) is 16.6 Å². The molecule has 8 nitrogen and oxygen atoms in total. The smallest absolute Gasteiger partial charge is 0.321 e. The van der Waals surface area contributed by atoms with Crippen LogP contribution in [0.5, 0.6) is 11.5 Å². The van der Waals surface area contributed by atoms with E-state index in [-0.39, 0.29) is 18.0 Å². The second-order valence-corrected chi connectivity index (χ2v) is 7.77. The topological polar surface area (TPSA) is 92.8 Å². The maximum Gasteiger partial charge on any atom is 0.321 e. The maximum absolute atomic E-state index is 12.9. The number of carbonyl (C=O) groups is 2. The summed E-state index contributed by atoms with van der Waals surface area (Å²) in [7, 11) is 3.10. The van der Waals surface area contributed by atoms with Crippen LogP contribution in [0.1, 0.15) is 34.8 Å². The van der Waals surface area contributed by atoms with Gasteiger partial charge in [0.25, 0.3) is 5.91 Å². The Labute approximate surface area is 167 Å². The largest absolute Gasteiger partial charge is 0.493 e. The summed E-state index contributed by atoms with van der Waals surface area (Å²) in [6.45, 7) is 4.82. The summed E-state index contributed by atoms with van der Waals surface area (Å²) in [5, 5.41) is 6.07. The van der Waals surface area contributed by atoms with Gasteiger partial charge in [-0.05, 0) is 32.0 Å². The summed E-state index contributed by atoms with van der Waals surface area (Å²) in [5.41, 5.74) is 1.47. The number of carbonyl (C=O) groups excluding carboxylic acids is 2. The molecule has 0 radical (unpaired) electrons. The number of hydrogen-bond donors (Lipinski definition) is 2. The predicted octanol–water partition coefficient (Wildman–Crippen LogP) is 2.89. The number of rotatable bonds is 5. The monoisotopic (exact) mass is 404 g/mol. The molecule has 0 atom stereocenters. The standard InChI is InChI=1S/C19H24N4O4S/c1-11(2)20-18(25)22-19-21-13-7-8-23(10-16(13)28-19)17(24)12-5-6-14(26-3)15(9-12)27-4/h5-6,9,11H,7-8,10H2,1-4H3,(H2,20,21,22,25). The summed E-state index contributed by atoms with van der Waals surface area (Å²) in [4.78, 5) is 32.0. The van der Waals surface area contributed by atoms with Crippen molar-refractivity contribution in [2.24, 2.45) is 0 Å². The Morgan fingerprint density at radius 1 is 1.21 bits per heavy atom. The molecule has 9 heteroatoms. The molecule has 0 fully saturated rings. The van der Waals surface area contributed by atoms with Gasteiger partial charge in [0, 0.05) is 29.4 Å². The van der Waals surface area contributed by atoms with Gasteiger partial charge in [-0.3, -0.25) is 10.1 Å². The molecule has 0 aliphatic carbocycles. The Kier molecular flexibility index (Phi) is 6.03. The zero-order valence-corrected chi connectivity index (χ0v) is 17.2. The van der Waals surface area contributed by atoms with E-state index in [1.807, 2.05) is 13.8 Å². The molecule has 2 heterocycles. The normalized spacial score (nSPS) is 13.1. The van der Waals surface area contributed by atoms with Crippen LogP contribution in [0.4, 0.5) is 9.93 Å². The molecule has 1 aromatic carbocycles. The molecule has 3 amide bonds. The highest BCUT2D eigenvalue weighted by molar-refractivity contribution is 7.15. The number of amides is 3. The molecule has 0 bridgehead atoms. The van der Waals surface area contributed by atoms with Gasteiger partial charge in [0.1, 0.15) is 0 Å². The summed E-state index contributed by atoms with van der Waals surface area (Å²) in [6.07, 6.45) is 0.651. The lowest BCUT2D eigenvalue weighted by atomic mass is 10.1. The number of benzene rings is 1. The lowest BCUT2D eigenvalue weighted by molar-refractivity contribution is 0.0735. The molecule has 0 saturated carbocycles. The number of fused-ring (bicyclic) bond motifs is 1. The SMILES string of the molecule is COc1ccc(C(=O)N2CCc3nc(NC(=O)NC(C)C)sc3C2)cc1OC. The van der Waals surface area contributed by atoms with Gasteiger partial charge in [0.2, 0.25) is 0 Å². The number of thiazole rings is 1. The first kappa shape index (κ1) is 19.9. The lowest BCUT2D eigenvalue weighted by Crippen LogP contribution is -2.35. The minimum Gasteiger partial charge on any atom is -0.493 e. The van der Waals surface area contributed by atoms with Gasteiger partial charge in [-0.25, -0.2) is 9.78 Å². The van der Waals surface area contributed by atoms with Crippen LogP contribution in [0.3, 0.4) is 0 Å². The Balaban J connectivity index is 1.71. The van der Waals surface area contributed by atoms with E-state index in [0.717, 1.165) is 10.6 Å². The van der Waals surface area contributed by atoms with Crippen molar-refractivity contribution in [3.8, 4) is 11.5 Å². The fraction of sp³-hybridized carbons (Fsp3) is 0.421. The first-order valence-electron chi connectivity index (χ1n) is 8.98. The molecular formula is C19H24N4O4S. The van der Waals surface area contributed by atoms with Gasteiger partial charge in [0.05, 0.1) is 26.5 Å². The van der Waals surface area contributed by atoms with Gasteiger partial charge >= 0.3 is 6.03 Å². The van der Waals surface area contributed by atoms with Gasteiger partial charge < -0.3 is 19.7 Å². The van der Waals surface area contributed by atoms with Crippen molar-refractivity contribution in [2.75, 3.05) is 26.1 Å². The van der Waals surface area contributed by atoms with Crippen LogP contribution < -0.4 is 20.1 Å². The molecular weight excluding hydrogens is 380 g/mol. The third kappa shape index (κ3) is 4.36. The molecule has 1 aliphatic rings. The molecule has 150 valence electrons. The minimum atomic E-state index is -0.278. The fourth-order valence-electron chi connectivity index (χ4n) is 2.97. The Hall–Kier alpha value is -2.81. The number of aromatic nitrogens is 1.